The molecule has 2 aromatic rings. The Hall–Kier alpha value is -2.57. The fourth-order valence-corrected chi connectivity index (χ4v) is 2.86. The Morgan fingerprint density at radius 2 is 1.54 bits per heavy atom. The Kier molecular flexibility index (Phi) is 5.30. The van der Waals surface area contributed by atoms with Crippen LogP contribution < -0.4 is 0 Å². The normalized spacial score (nSPS) is 14.8. The fraction of sp³-hybridized carbons (Fsp3) is 0.286. The number of aliphatic hydroxyl groups excluding tert-OH is 1. The molecule has 0 saturated carbocycles. The molecule has 0 aromatic heterocycles. The molecule has 0 bridgehead atoms. The third-order valence-electron chi connectivity index (χ3n) is 4.42. The summed E-state index contributed by atoms with van der Waals surface area (Å²) in [4.78, 5) is 14.4. The van der Waals surface area contributed by atoms with E-state index in [0.29, 0.717) is 11.5 Å². The van der Waals surface area contributed by atoms with Gasteiger partial charge in [0.05, 0.1) is 0 Å². The van der Waals surface area contributed by atoms with Crippen molar-refractivity contribution in [2.45, 2.75) is 12.8 Å². The first-order valence-corrected chi connectivity index (χ1v) is 8.33. The highest BCUT2D eigenvalue weighted by Gasteiger charge is 2.22. The molecule has 0 spiro atoms. The second kappa shape index (κ2) is 7.81. The number of benzene rings is 2. The van der Waals surface area contributed by atoms with Crippen LogP contribution in [0.2, 0.25) is 0 Å². The zero-order valence-corrected chi connectivity index (χ0v) is 13.6. The van der Waals surface area contributed by atoms with Crippen molar-refractivity contribution < 1.29 is 9.90 Å². The molecular weight excluding hydrogens is 298 g/mol. The molecule has 0 radical (unpaired) electrons. The minimum atomic E-state index is 0.0639. The van der Waals surface area contributed by atoms with Crippen LogP contribution >= 0.6 is 0 Å². The summed E-state index contributed by atoms with van der Waals surface area (Å²) in [5.74, 6) is 6.63. The van der Waals surface area contributed by atoms with E-state index in [4.69, 9.17) is 0 Å². The summed E-state index contributed by atoms with van der Waals surface area (Å²) in [7, 11) is 0. The van der Waals surface area contributed by atoms with Crippen molar-refractivity contribution >= 4 is 5.91 Å². The highest BCUT2D eigenvalue weighted by molar-refractivity contribution is 5.94. The van der Waals surface area contributed by atoms with E-state index in [-0.39, 0.29) is 12.5 Å². The topological polar surface area (TPSA) is 40.5 Å². The van der Waals surface area contributed by atoms with E-state index in [2.05, 4.69) is 11.8 Å². The molecule has 1 fully saturated rings. The third kappa shape index (κ3) is 4.04. The summed E-state index contributed by atoms with van der Waals surface area (Å²) < 4.78 is 0. The van der Waals surface area contributed by atoms with Gasteiger partial charge in [0, 0.05) is 36.4 Å². The molecular formula is C21H21NO2. The minimum Gasteiger partial charge on any atom is -0.396 e. The van der Waals surface area contributed by atoms with Gasteiger partial charge in [-0.1, -0.05) is 30.0 Å². The second-order valence-electron chi connectivity index (χ2n) is 6.11. The lowest BCUT2D eigenvalue weighted by molar-refractivity contribution is 0.0651. The van der Waals surface area contributed by atoms with Gasteiger partial charge < -0.3 is 10.0 Å². The Balaban J connectivity index is 1.64. The predicted molar refractivity (Wildman–Crippen MR) is 94.6 cm³/mol. The lowest BCUT2D eigenvalue weighted by atomic mass is 9.97. The number of rotatable bonds is 2. The van der Waals surface area contributed by atoms with Crippen LogP contribution in [-0.4, -0.2) is 35.6 Å². The lowest BCUT2D eigenvalue weighted by Crippen LogP contribution is -2.39. The number of carbonyl (C=O) groups is 1. The standard InChI is InChI=1S/C21H21NO2/c23-16-19-12-14-22(15-13-19)21(24)20-10-8-18(9-11-20)7-6-17-4-2-1-3-5-17/h1-5,8-11,19,23H,12-16H2. The quantitative estimate of drug-likeness (QED) is 0.865. The van der Waals surface area contributed by atoms with E-state index in [1.54, 1.807) is 0 Å². The molecule has 122 valence electrons. The number of amides is 1. The number of aliphatic hydroxyl groups is 1. The van der Waals surface area contributed by atoms with Crippen molar-refractivity contribution in [2.75, 3.05) is 19.7 Å². The maximum atomic E-state index is 12.5. The summed E-state index contributed by atoms with van der Waals surface area (Å²) in [5.41, 5.74) is 2.57. The monoisotopic (exact) mass is 319 g/mol. The van der Waals surface area contributed by atoms with Crippen molar-refractivity contribution in [1.82, 2.24) is 4.90 Å². The minimum absolute atomic E-state index is 0.0639. The van der Waals surface area contributed by atoms with E-state index in [1.165, 1.54) is 0 Å². The first-order valence-electron chi connectivity index (χ1n) is 8.33. The van der Waals surface area contributed by atoms with Gasteiger partial charge in [-0.15, -0.1) is 0 Å². The molecule has 0 unspecified atom stereocenters. The zero-order chi connectivity index (χ0) is 16.8. The molecule has 3 nitrogen and oxygen atoms in total. The van der Waals surface area contributed by atoms with Crippen LogP contribution in [0.5, 0.6) is 0 Å². The van der Waals surface area contributed by atoms with Gasteiger partial charge in [0.2, 0.25) is 0 Å². The van der Waals surface area contributed by atoms with Crippen molar-refractivity contribution in [3.63, 3.8) is 0 Å². The summed E-state index contributed by atoms with van der Waals surface area (Å²) >= 11 is 0. The first-order chi connectivity index (χ1) is 11.8. The van der Waals surface area contributed by atoms with Gasteiger partial charge in [-0.25, -0.2) is 0 Å². The average Bonchev–Trinajstić information content (AvgIpc) is 2.67. The number of piperidine rings is 1. The molecule has 2 aromatic carbocycles. The molecule has 1 heterocycles. The van der Waals surface area contributed by atoms with Gasteiger partial charge in [-0.05, 0) is 55.2 Å². The highest BCUT2D eigenvalue weighted by atomic mass is 16.3. The molecule has 0 aliphatic carbocycles. The van der Waals surface area contributed by atoms with Crippen LogP contribution in [0.25, 0.3) is 0 Å². The molecule has 0 atom stereocenters. The summed E-state index contributed by atoms with van der Waals surface area (Å²) in [5, 5.41) is 9.18. The molecule has 3 heteroatoms. The maximum Gasteiger partial charge on any atom is 0.253 e. The summed E-state index contributed by atoms with van der Waals surface area (Å²) in [6.07, 6.45) is 1.76. The van der Waals surface area contributed by atoms with Crippen molar-refractivity contribution in [3.05, 3.63) is 71.3 Å². The SMILES string of the molecule is O=C(c1ccc(C#Cc2ccccc2)cc1)N1CCC(CO)CC1. The highest BCUT2D eigenvalue weighted by Crippen LogP contribution is 2.18. The number of hydrogen-bond donors (Lipinski definition) is 1. The van der Waals surface area contributed by atoms with Crippen molar-refractivity contribution in [1.29, 1.82) is 0 Å². The number of hydrogen-bond acceptors (Lipinski definition) is 2. The van der Waals surface area contributed by atoms with Crippen molar-refractivity contribution in [3.8, 4) is 11.8 Å². The predicted octanol–water partition coefficient (Wildman–Crippen LogP) is 2.93. The molecule has 1 aliphatic heterocycles. The Morgan fingerprint density at radius 3 is 2.12 bits per heavy atom. The number of carbonyl (C=O) groups excluding carboxylic acids is 1. The van der Waals surface area contributed by atoms with E-state index >= 15 is 0 Å². The second-order valence-corrected chi connectivity index (χ2v) is 6.11. The molecule has 1 aliphatic rings. The van der Waals surface area contributed by atoms with E-state index in [1.807, 2.05) is 59.5 Å². The molecule has 24 heavy (non-hydrogen) atoms. The smallest absolute Gasteiger partial charge is 0.253 e. The molecule has 1 saturated heterocycles. The van der Waals surface area contributed by atoms with Gasteiger partial charge in [0.1, 0.15) is 0 Å². The fourth-order valence-electron chi connectivity index (χ4n) is 2.86. The van der Waals surface area contributed by atoms with Gasteiger partial charge in [-0.2, -0.15) is 0 Å². The van der Waals surface area contributed by atoms with Crippen LogP contribution in [0.15, 0.2) is 54.6 Å². The average molecular weight is 319 g/mol. The van der Waals surface area contributed by atoms with Crippen LogP contribution in [-0.2, 0) is 0 Å². The Labute approximate surface area is 142 Å². The van der Waals surface area contributed by atoms with Crippen molar-refractivity contribution in [2.24, 2.45) is 5.92 Å². The molecule has 1 N–H and O–H groups in total. The largest absolute Gasteiger partial charge is 0.396 e. The number of nitrogens with zero attached hydrogens (tertiary/aromatic N) is 1. The van der Waals surface area contributed by atoms with E-state index in [0.717, 1.165) is 37.1 Å². The van der Waals surface area contributed by atoms with Crippen LogP contribution in [0.3, 0.4) is 0 Å². The van der Waals surface area contributed by atoms with E-state index in [9.17, 15) is 9.90 Å². The van der Waals surface area contributed by atoms with Gasteiger partial charge in [0.15, 0.2) is 0 Å². The van der Waals surface area contributed by atoms with Crippen LogP contribution in [0.1, 0.15) is 34.3 Å². The Morgan fingerprint density at radius 1 is 0.958 bits per heavy atom. The van der Waals surface area contributed by atoms with Gasteiger partial charge in [0.25, 0.3) is 5.91 Å². The number of likely N-dealkylation sites (tertiary alicyclic amines) is 1. The first kappa shape index (κ1) is 16.3. The molecule has 3 rings (SSSR count). The van der Waals surface area contributed by atoms with Crippen LogP contribution in [0, 0.1) is 17.8 Å². The van der Waals surface area contributed by atoms with E-state index < -0.39 is 0 Å². The summed E-state index contributed by atoms with van der Waals surface area (Å²) in [6, 6.07) is 17.3. The Bertz CT molecular complexity index is 733. The maximum absolute atomic E-state index is 12.5. The lowest BCUT2D eigenvalue weighted by Gasteiger charge is -2.31. The van der Waals surface area contributed by atoms with Gasteiger partial charge in [-0.3, -0.25) is 4.79 Å². The zero-order valence-electron chi connectivity index (χ0n) is 13.6. The molecule has 1 amide bonds. The van der Waals surface area contributed by atoms with Crippen LogP contribution in [0.4, 0.5) is 0 Å². The summed E-state index contributed by atoms with van der Waals surface area (Å²) in [6.45, 7) is 1.66. The third-order valence-corrected chi connectivity index (χ3v) is 4.42. The van der Waals surface area contributed by atoms with Gasteiger partial charge >= 0.3 is 0 Å².